The van der Waals surface area contributed by atoms with Crippen molar-refractivity contribution >= 4 is 17.8 Å². The van der Waals surface area contributed by atoms with Crippen LogP contribution in [0.5, 0.6) is 0 Å². The summed E-state index contributed by atoms with van der Waals surface area (Å²) in [5.74, 6) is -0.349. The second kappa shape index (κ2) is 10.6. The topological polar surface area (TPSA) is 92.8 Å². The van der Waals surface area contributed by atoms with E-state index in [1.54, 1.807) is 31.8 Å². The van der Waals surface area contributed by atoms with E-state index < -0.39 is 12.0 Å². The molecule has 3 N–H and O–H groups in total. The summed E-state index contributed by atoms with van der Waals surface area (Å²) in [6, 6.07) is 1.54. The van der Waals surface area contributed by atoms with Gasteiger partial charge in [-0.05, 0) is 73.8 Å². The molecule has 2 aliphatic heterocycles. The van der Waals surface area contributed by atoms with Gasteiger partial charge in [0.2, 0.25) is 0 Å². The average Bonchev–Trinajstić information content (AvgIpc) is 2.88. The summed E-state index contributed by atoms with van der Waals surface area (Å²) >= 11 is 0. The Hall–Kier alpha value is -2.84. The third-order valence-electron chi connectivity index (χ3n) is 7.98. The lowest BCUT2D eigenvalue weighted by Crippen LogP contribution is -2.41. The molecule has 0 bridgehead atoms. The van der Waals surface area contributed by atoms with Gasteiger partial charge < -0.3 is 20.7 Å². The average molecular weight is 494 g/mol. The van der Waals surface area contributed by atoms with E-state index in [4.69, 9.17) is 10.5 Å². The number of aliphatic imine (C=N–C) groups is 1. The van der Waals surface area contributed by atoms with Crippen molar-refractivity contribution in [1.29, 1.82) is 0 Å². The first-order chi connectivity index (χ1) is 17.4. The molecule has 1 aromatic heterocycles. The van der Waals surface area contributed by atoms with Crippen LogP contribution in [0.3, 0.4) is 0 Å². The van der Waals surface area contributed by atoms with E-state index in [9.17, 15) is 9.18 Å². The van der Waals surface area contributed by atoms with Crippen LogP contribution in [0.25, 0.3) is 0 Å². The van der Waals surface area contributed by atoms with E-state index >= 15 is 0 Å². The Morgan fingerprint density at radius 2 is 2.14 bits per heavy atom. The fourth-order valence-electron chi connectivity index (χ4n) is 6.18. The SMILES string of the molecule is CO[C@H]1CCCN(C2=CC3C(F)=CC=C(C(=O)Nc4cnccc4[C@@H]4C[C@H](C)C[C@H](N)C4)C3N=C2)C1. The number of piperidine rings is 1. The summed E-state index contributed by atoms with van der Waals surface area (Å²) in [6.45, 7) is 3.87. The van der Waals surface area contributed by atoms with Crippen molar-refractivity contribution in [3.63, 3.8) is 0 Å². The first-order valence-electron chi connectivity index (χ1n) is 13.0. The molecule has 1 saturated heterocycles. The van der Waals surface area contributed by atoms with Gasteiger partial charge in [0.15, 0.2) is 0 Å². The van der Waals surface area contributed by atoms with Crippen LogP contribution in [0.1, 0.15) is 50.5 Å². The molecule has 7 nitrogen and oxygen atoms in total. The number of methoxy groups -OCH3 is 1. The Morgan fingerprint density at radius 3 is 2.94 bits per heavy atom. The molecule has 0 aromatic carbocycles. The van der Waals surface area contributed by atoms with Crippen LogP contribution in [0.4, 0.5) is 10.1 Å². The largest absolute Gasteiger partial charge is 0.380 e. The Labute approximate surface area is 212 Å². The number of ether oxygens (including phenoxy) is 1. The molecule has 5 rings (SSSR count). The van der Waals surface area contributed by atoms with Gasteiger partial charge in [0.1, 0.15) is 5.83 Å². The number of nitrogens with zero attached hydrogens (tertiary/aromatic N) is 3. The molecule has 4 aliphatic rings. The quantitative estimate of drug-likeness (QED) is 0.644. The maximum Gasteiger partial charge on any atom is 0.253 e. The van der Waals surface area contributed by atoms with Crippen molar-refractivity contribution in [2.45, 2.75) is 63.1 Å². The lowest BCUT2D eigenvalue weighted by Gasteiger charge is -2.37. The summed E-state index contributed by atoms with van der Waals surface area (Å²) in [5, 5.41) is 3.06. The lowest BCUT2D eigenvalue weighted by molar-refractivity contribution is -0.113. The van der Waals surface area contributed by atoms with Crippen molar-refractivity contribution in [2.24, 2.45) is 22.6 Å². The van der Waals surface area contributed by atoms with Crippen LogP contribution < -0.4 is 11.1 Å². The summed E-state index contributed by atoms with van der Waals surface area (Å²) in [7, 11) is 1.73. The Kier molecular flexibility index (Phi) is 7.34. The Bertz CT molecular complexity index is 1100. The number of nitrogens with one attached hydrogen (secondary N) is 1. The molecule has 3 heterocycles. The number of hydrogen-bond donors (Lipinski definition) is 2. The molecule has 0 radical (unpaired) electrons. The third-order valence-corrected chi connectivity index (χ3v) is 7.98. The molecule has 1 aromatic rings. The standard InChI is InChI=1S/C28H36FN5O2/c1-17-10-18(12-19(30)11-17)22-7-8-31-15-26(22)33-28(35)23-5-6-25(29)24-13-20(14-32-27(23)24)34-9-3-4-21(16-34)36-2/h5-8,13-15,17-19,21,24,27H,3-4,9-12,16,30H2,1-2H3,(H,33,35)/t17-,18+,19-,21-,24?,27?/m0/s1. The number of amides is 1. The van der Waals surface area contributed by atoms with Crippen molar-refractivity contribution in [3.8, 4) is 0 Å². The summed E-state index contributed by atoms with van der Waals surface area (Å²) < 4.78 is 20.5. The fraction of sp³-hybridized carbons (Fsp3) is 0.536. The minimum atomic E-state index is -0.593. The molecule has 1 amide bonds. The molecule has 2 aliphatic carbocycles. The van der Waals surface area contributed by atoms with Gasteiger partial charge in [-0.2, -0.15) is 0 Å². The molecular formula is C28H36FN5O2. The monoisotopic (exact) mass is 493 g/mol. The van der Waals surface area contributed by atoms with Crippen molar-refractivity contribution < 1.29 is 13.9 Å². The van der Waals surface area contributed by atoms with Gasteiger partial charge in [-0.1, -0.05) is 6.92 Å². The maximum absolute atomic E-state index is 14.9. The number of anilines is 1. The number of dihydropyridines is 1. The number of aromatic nitrogens is 1. The highest BCUT2D eigenvalue weighted by Gasteiger charge is 2.36. The molecule has 1 saturated carbocycles. The van der Waals surface area contributed by atoms with Gasteiger partial charge >= 0.3 is 0 Å². The highest BCUT2D eigenvalue weighted by molar-refractivity contribution is 6.06. The molecule has 8 heteroatoms. The van der Waals surface area contributed by atoms with E-state index in [1.807, 2.05) is 12.1 Å². The number of carbonyl (C=O) groups excluding carboxylic acids is 1. The normalized spacial score (nSPS) is 32.2. The van der Waals surface area contributed by atoms with Crippen molar-refractivity contribution in [2.75, 3.05) is 25.5 Å². The van der Waals surface area contributed by atoms with Crippen LogP contribution in [-0.4, -0.2) is 60.4 Å². The second-order valence-electron chi connectivity index (χ2n) is 10.6. The second-order valence-corrected chi connectivity index (χ2v) is 10.6. The van der Waals surface area contributed by atoms with Crippen LogP contribution in [0, 0.1) is 11.8 Å². The molecule has 36 heavy (non-hydrogen) atoms. The number of allylic oxidation sites excluding steroid dienone is 3. The zero-order valence-corrected chi connectivity index (χ0v) is 21.1. The smallest absolute Gasteiger partial charge is 0.253 e. The number of likely N-dealkylation sites (tertiary alicyclic amines) is 1. The predicted octanol–water partition coefficient (Wildman–Crippen LogP) is 4.11. The van der Waals surface area contributed by atoms with Crippen LogP contribution in [0.15, 0.2) is 58.8 Å². The van der Waals surface area contributed by atoms with E-state index in [-0.39, 0.29) is 29.8 Å². The third kappa shape index (κ3) is 5.15. The molecule has 2 unspecified atom stereocenters. The Morgan fingerprint density at radius 1 is 1.28 bits per heavy atom. The van der Waals surface area contributed by atoms with Crippen LogP contribution >= 0.6 is 0 Å². The Balaban J connectivity index is 1.33. The van der Waals surface area contributed by atoms with Gasteiger partial charge in [0.05, 0.1) is 35.6 Å². The summed E-state index contributed by atoms with van der Waals surface area (Å²) in [6.07, 6.45) is 15.2. The summed E-state index contributed by atoms with van der Waals surface area (Å²) in [4.78, 5) is 24.6. The van der Waals surface area contributed by atoms with E-state index in [2.05, 4.69) is 27.1 Å². The zero-order chi connectivity index (χ0) is 25.2. The van der Waals surface area contributed by atoms with E-state index in [0.29, 0.717) is 17.2 Å². The summed E-state index contributed by atoms with van der Waals surface area (Å²) in [5.41, 5.74) is 9.39. The van der Waals surface area contributed by atoms with Gasteiger partial charge in [-0.25, -0.2) is 4.39 Å². The molecule has 192 valence electrons. The minimum absolute atomic E-state index is 0.155. The van der Waals surface area contributed by atoms with Crippen LogP contribution in [-0.2, 0) is 9.53 Å². The zero-order valence-electron chi connectivity index (χ0n) is 21.1. The van der Waals surface area contributed by atoms with Crippen molar-refractivity contribution in [1.82, 2.24) is 9.88 Å². The van der Waals surface area contributed by atoms with Gasteiger partial charge in [-0.15, -0.1) is 0 Å². The highest BCUT2D eigenvalue weighted by Crippen LogP contribution is 2.39. The number of halogens is 1. The number of hydrogen-bond acceptors (Lipinski definition) is 6. The highest BCUT2D eigenvalue weighted by atomic mass is 19.1. The fourth-order valence-corrected chi connectivity index (χ4v) is 6.18. The number of pyridine rings is 1. The number of rotatable bonds is 5. The van der Waals surface area contributed by atoms with E-state index in [0.717, 1.165) is 56.5 Å². The van der Waals surface area contributed by atoms with Crippen molar-refractivity contribution in [3.05, 3.63) is 59.3 Å². The van der Waals surface area contributed by atoms with Gasteiger partial charge in [0, 0.05) is 44.2 Å². The minimum Gasteiger partial charge on any atom is -0.380 e. The number of fused-ring (bicyclic) bond motifs is 1. The van der Waals surface area contributed by atoms with Gasteiger partial charge in [0.25, 0.3) is 5.91 Å². The number of carbonyl (C=O) groups is 1. The lowest BCUT2D eigenvalue weighted by atomic mass is 9.76. The molecule has 0 spiro atoms. The van der Waals surface area contributed by atoms with E-state index in [1.165, 1.54) is 6.08 Å². The molecule has 2 fully saturated rings. The maximum atomic E-state index is 14.9. The first kappa shape index (κ1) is 24.8. The van der Waals surface area contributed by atoms with Crippen LogP contribution in [0.2, 0.25) is 0 Å². The van der Waals surface area contributed by atoms with Gasteiger partial charge in [-0.3, -0.25) is 14.8 Å². The molecule has 6 atom stereocenters. The molecular weight excluding hydrogens is 457 g/mol. The first-order valence-corrected chi connectivity index (χ1v) is 13.0. The predicted molar refractivity (Wildman–Crippen MR) is 139 cm³/mol. The number of nitrogens with two attached hydrogens (primary N) is 1.